The van der Waals surface area contributed by atoms with Crippen molar-refractivity contribution in [1.29, 1.82) is 0 Å². The van der Waals surface area contributed by atoms with Crippen LogP contribution in [0.3, 0.4) is 0 Å². The lowest BCUT2D eigenvalue weighted by atomic mass is 10.2. The lowest BCUT2D eigenvalue weighted by Crippen LogP contribution is -2.11. The van der Waals surface area contributed by atoms with E-state index < -0.39 is 5.91 Å². The van der Waals surface area contributed by atoms with Crippen LogP contribution in [0.2, 0.25) is 0 Å². The summed E-state index contributed by atoms with van der Waals surface area (Å²) in [7, 11) is 0. The monoisotopic (exact) mass is 249 g/mol. The van der Waals surface area contributed by atoms with Gasteiger partial charge in [0.15, 0.2) is 5.17 Å². The van der Waals surface area contributed by atoms with E-state index in [0.29, 0.717) is 11.6 Å². The van der Waals surface area contributed by atoms with Gasteiger partial charge < -0.3 is 11.1 Å². The number of primary amides is 1. The average Bonchev–Trinajstić information content (AvgIpc) is 2.77. The molecular formula is C12H15N3OS. The third kappa shape index (κ3) is 3.00. The summed E-state index contributed by atoms with van der Waals surface area (Å²) in [5.41, 5.74) is 6.62. The van der Waals surface area contributed by atoms with E-state index in [1.165, 1.54) is 0 Å². The molecule has 0 radical (unpaired) electrons. The fraction of sp³-hybridized carbons (Fsp3) is 0.333. The molecule has 1 amide bonds. The lowest BCUT2D eigenvalue weighted by molar-refractivity contribution is 0.100. The van der Waals surface area contributed by atoms with Gasteiger partial charge in [-0.1, -0.05) is 18.7 Å². The molecule has 90 valence electrons. The number of benzene rings is 1. The van der Waals surface area contributed by atoms with Crippen molar-refractivity contribution in [3.8, 4) is 0 Å². The molecule has 0 saturated heterocycles. The molecule has 2 rings (SSSR count). The van der Waals surface area contributed by atoms with Gasteiger partial charge in [0.05, 0.1) is 6.04 Å². The Morgan fingerprint density at radius 1 is 1.53 bits per heavy atom. The van der Waals surface area contributed by atoms with E-state index in [4.69, 9.17) is 5.73 Å². The third-order valence-electron chi connectivity index (χ3n) is 2.60. The van der Waals surface area contributed by atoms with Crippen molar-refractivity contribution in [2.45, 2.75) is 19.4 Å². The highest BCUT2D eigenvalue weighted by molar-refractivity contribution is 8.14. The molecule has 0 fully saturated rings. The van der Waals surface area contributed by atoms with Crippen LogP contribution in [-0.2, 0) is 0 Å². The lowest BCUT2D eigenvalue weighted by Gasteiger charge is -2.05. The van der Waals surface area contributed by atoms with Crippen molar-refractivity contribution in [3.05, 3.63) is 29.8 Å². The summed E-state index contributed by atoms with van der Waals surface area (Å²) in [6, 6.07) is 7.52. The maximum absolute atomic E-state index is 10.9. The number of hydrogen-bond acceptors (Lipinski definition) is 4. The van der Waals surface area contributed by atoms with Crippen LogP contribution < -0.4 is 11.1 Å². The predicted octanol–water partition coefficient (Wildman–Crippen LogP) is 2.08. The van der Waals surface area contributed by atoms with E-state index in [-0.39, 0.29) is 0 Å². The van der Waals surface area contributed by atoms with Gasteiger partial charge in [-0.25, -0.2) is 0 Å². The van der Waals surface area contributed by atoms with E-state index in [1.807, 2.05) is 12.1 Å². The molecule has 0 bridgehead atoms. The minimum Gasteiger partial charge on any atom is -0.366 e. The molecule has 4 nitrogen and oxygen atoms in total. The van der Waals surface area contributed by atoms with E-state index in [0.717, 1.165) is 23.0 Å². The summed E-state index contributed by atoms with van der Waals surface area (Å²) in [5, 5.41) is 4.18. The number of nitrogens with zero attached hydrogens (tertiary/aromatic N) is 1. The highest BCUT2D eigenvalue weighted by Crippen LogP contribution is 2.21. The van der Waals surface area contributed by atoms with E-state index in [9.17, 15) is 4.79 Å². The highest BCUT2D eigenvalue weighted by atomic mass is 32.2. The maximum atomic E-state index is 10.9. The molecule has 1 aliphatic heterocycles. The summed E-state index contributed by atoms with van der Waals surface area (Å²) in [6.07, 6.45) is 1.07. The second-order valence-electron chi connectivity index (χ2n) is 3.87. The molecule has 0 aliphatic carbocycles. The largest absolute Gasteiger partial charge is 0.366 e. The quantitative estimate of drug-likeness (QED) is 0.861. The van der Waals surface area contributed by atoms with Gasteiger partial charge in [0.2, 0.25) is 5.91 Å². The van der Waals surface area contributed by atoms with Crippen LogP contribution in [0.5, 0.6) is 0 Å². The Bertz CT molecular complexity index is 442. The molecule has 1 unspecified atom stereocenters. The standard InChI is InChI=1S/C12H15N3OS/c1-2-9-7-17-12(14-9)15-10-5-3-8(4-6-10)11(13)16/h3-6,9H,2,7H2,1H3,(H2,13,16)(H,14,15). The first-order valence-electron chi connectivity index (χ1n) is 5.56. The van der Waals surface area contributed by atoms with Crippen molar-refractivity contribution >= 4 is 28.5 Å². The molecule has 0 aromatic heterocycles. The van der Waals surface area contributed by atoms with Gasteiger partial charge in [0.1, 0.15) is 0 Å². The number of carbonyl (C=O) groups is 1. The molecule has 3 N–H and O–H groups in total. The van der Waals surface area contributed by atoms with Crippen molar-refractivity contribution in [2.75, 3.05) is 11.1 Å². The Labute approximate surface area is 105 Å². The van der Waals surface area contributed by atoms with Gasteiger partial charge in [-0.05, 0) is 30.7 Å². The number of nitrogens with one attached hydrogen (secondary N) is 1. The molecule has 1 atom stereocenters. The topological polar surface area (TPSA) is 67.5 Å². The van der Waals surface area contributed by atoms with Gasteiger partial charge in [-0.3, -0.25) is 9.79 Å². The third-order valence-corrected chi connectivity index (χ3v) is 3.64. The Hall–Kier alpha value is -1.49. The zero-order chi connectivity index (χ0) is 12.3. The maximum Gasteiger partial charge on any atom is 0.248 e. The van der Waals surface area contributed by atoms with Crippen molar-refractivity contribution < 1.29 is 4.79 Å². The van der Waals surface area contributed by atoms with Gasteiger partial charge >= 0.3 is 0 Å². The number of amides is 1. The molecule has 5 heteroatoms. The number of carbonyl (C=O) groups excluding carboxylic acids is 1. The summed E-state index contributed by atoms with van der Waals surface area (Å²) >= 11 is 1.73. The van der Waals surface area contributed by atoms with Crippen LogP contribution in [0.15, 0.2) is 29.3 Å². The zero-order valence-electron chi connectivity index (χ0n) is 9.64. The molecule has 0 spiro atoms. The second-order valence-corrected chi connectivity index (χ2v) is 4.88. The van der Waals surface area contributed by atoms with E-state index in [2.05, 4.69) is 17.2 Å². The molecule has 17 heavy (non-hydrogen) atoms. The first-order valence-corrected chi connectivity index (χ1v) is 6.55. The van der Waals surface area contributed by atoms with Crippen LogP contribution in [0.25, 0.3) is 0 Å². The second kappa shape index (κ2) is 5.23. The highest BCUT2D eigenvalue weighted by Gasteiger charge is 2.16. The SMILES string of the molecule is CCC1CSC(Nc2ccc(C(N)=O)cc2)=N1. The number of rotatable bonds is 3. The fourth-order valence-electron chi connectivity index (χ4n) is 1.53. The first kappa shape index (κ1) is 12.0. The van der Waals surface area contributed by atoms with Gasteiger partial charge in [0.25, 0.3) is 0 Å². The van der Waals surface area contributed by atoms with Crippen LogP contribution in [-0.4, -0.2) is 22.9 Å². The number of nitrogens with two attached hydrogens (primary N) is 1. The predicted molar refractivity (Wildman–Crippen MR) is 72.6 cm³/mol. The molecule has 1 aromatic carbocycles. The number of hydrogen-bond donors (Lipinski definition) is 2. The molecule has 1 heterocycles. The first-order chi connectivity index (χ1) is 8.19. The minimum atomic E-state index is -0.407. The molecular weight excluding hydrogens is 234 g/mol. The summed E-state index contributed by atoms with van der Waals surface area (Å²) in [5.74, 6) is 0.633. The Balaban J connectivity index is 2.02. The summed E-state index contributed by atoms with van der Waals surface area (Å²) in [4.78, 5) is 15.4. The molecule has 1 aromatic rings. The fourth-order valence-corrected chi connectivity index (χ4v) is 2.61. The van der Waals surface area contributed by atoms with E-state index in [1.54, 1.807) is 23.9 Å². The van der Waals surface area contributed by atoms with Crippen LogP contribution in [0.4, 0.5) is 5.69 Å². The normalized spacial score (nSPS) is 18.9. The van der Waals surface area contributed by atoms with Gasteiger partial charge in [-0.15, -0.1) is 0 Å². The molecule has 1 aliphatic rings. The zero-order valence-corrected chi connectivity index (χ0v) is 10.5. The van der Waals surface area contributed by atoms with Crippen molar-refractivity contribution in [3.63, 3.8) is 0 Å². The summed E-state index contributed by atoms with van der Waals surface area (Å²) in [6.45, 7) is 2.14. The van der Waals surface area contributed by atoms with Crippen molar-refractivity contribution in [1.82, 2.24) is 0 Å². The number of thioether (sulfide) groups is 1. The number of amidine groups is 1. The van der Waals surface area contributed by atoms with Crippen LogP contribution in [0, 0.1) is 0 Å². The minimum absolute atomic E-state index is 0.407. The number of anilines is 1. The smallest absolute Gasteiger partial charge is 0.248 e. The molecule has 0 saturated carbocycles. The summed E-state index contributed by atoms with van der Waals surface area (Å²) < 4.78 is 0. The van der Waals surface area contributed by atoms with Gasteiger partial charge in [-0.2, -0.15) is 0 Å². The Morgan fingerprint density at radius 3 is 2.76 bits per heavy atom. The van der Waals surface area contributed by atoms with Crippen LogP contribution >= 0.6 is 11.8 Å². The Kier molecular flexibility index (Phi) is 3.68. The average molecular weight is 249 g/mol. The number of aliphatic imine (C=N–C) groups is 1. The van der Waals surface area contributed by atoms with Crippen LogP contribution in [0.1, 0.15) is 23.7 Å². The van der Waals surface area contributed by atoms with Crippen molar-refractivity contribution in [2.24, 2.45) is 10.7 Å². The van der Waals surface area contributed by atoms with Gasteiger partial charge in [0, 0.05) is 17.0 Å². The Morgan fingerprint density at radius 2 is 2.24 bits per heavy atom. The van der Waals surface area contributed by atoms with E-state index >= 15 is 0 Å².